The predicted molar refractivity (Wildman–Crippen MR) is 124 cm³/mol. The van der Waals surface area contributed by atoms with Gasteiger partial charge in [-0.2, -0.15) is 13.2 Å². The van der Waals surface area contributed by atoms with E-state index in [1.807, 2.05) is 18.3 Å². The number of fused-ring (bicyclic) bond motifs is 1. The van der Waals surface area contributed by atoms with Gasteiger partial charge in [-0.25, -0.2) is 9.48 Å². The normalized spacial score (nSPS) is 20.6. The van der Waals surface area contributed by atoms with Gasteiger partial charge in [0.1, 0.15) is 6.04 Å². The molecule has 12 nitrogen and oxygen atoms in total. The number of carboxylic acid groups (broad SMARTS) is 1. The molecule has 1 unspecified atom stereocenters. The van der Waals surface area contributed by atoms with Gasteiger partial charge in [0.2, 0.25) is 11.8 Å². The number of nitrogens with one attached hydrogen (secondary N) is 1. The first kappa shape index (κ1) is 27.2. The molecule has 2 saturated heterocycles. The van der Waals surface area contributed by atoms with Gasteiger partial charge in [0.05, 0.1) is 17.6 Å². The molecular formula is C23H26F3N7O5. The number of alkyl halides is 3. The van der Waals surface area contributed by atoms with E-state index in [4.69, 9.17) is 9.90 Å². The minimum absolute atomic E-state index is 0.191. The van der Waals surface area contributed by atoms with E-state index in [9.17, 15) is 27.6 Å². The number of likely N-dealkylation sites (N-methyl/N-ethyl adjacent to an activating group) is 1. The number of amides is 3. The average molecular weight is 537 g/mol. The van der Waals surface area contributed by atoms with Crippen LogP contribution >= 0.6 is 0 Å². The van der Waals surface area contributed by atoms with Crippen molar-refractivity contribution in [3.8, 4) is 5.69 Å². The Kier molecular flexibility index (Phi) is 7.78. The Balaban J connectivity index is 0.000000426. The van der Waals surface area contributed by atoms with Crippen LogP contribution in [0.5, 0.6) is 0 Å². The minimum Gasteiger partial charge on any atom is -0.475 e. The molecule has 2 fully saturated rings. The SMILES string of the molecule is CN1CCN(Cc2cn(-c3cccc4c3CN(C3CCC(=O)NC3=O)C4=O)nn2)CC1.O=C(O)C(F)(F)F. The van der Waals surface area contributed by atoms with E-state index in [0.717, 1.165) is 49.7 Å². The predicted octanol–water partition coefficient (Wildman–Crippen LogP) is 0.409. The highest BCUT2D eigenvalue weighted by atomic mass is 19.4. The van der Waals surface area contributed by atoms with E-state index in [1.54, 1.807) is 15.6 Å². The molecule has 0 bridgehead atoms. The first-order chi connectivity index (χ1) is 17.9. The molecule has 204 valence electrons. The number of carbonyl (C=O) groups excluding carboxylic acids is 3. The molecule has 5 rings (SSSR count). The van der Waals surface area contributed by atoms with Crippen molar-refractivity contribution in [3.05, 3.63) is 41.2 Å². The summed E-state index contributed by atoms with van der Waals surface area (Å²) < 4.78 is 33.4. The number of halogens is 3. The zero-order chi connectivity index (χ0) is 27.6. The molecule has 15 heteroatoms. The molecule has 4 heterocycles. The number of nitrogens with zero attached hydrogens (tertiary/aromatic N) is 6. The molecule has 0 aliphatic carbocycles. The number of hydrogen-bond donors (Lipinski definition) is 2. The fraction of sp³-hybridized carbons (Fsp3) is 0.478. The van der Waals surface area contributed by atoms with Gasteiger partial charge in [-0.15, -0.1) is 5.10 Å². The molecule has 0 radical (unpaired) electrons. The lowest BCUT2D eigenvalue weighted by molar-refractivity contribution is -0.192. The average Bonchev–Trinajstić information content (AvgIpc) is 3.45. The van der Waals surface area contributed by atoms with Gasteiger partial charge >= 0.3 is 12.1 Å². The van der Waals surface area contributed by atoms with Crippen molar-refractivity contribution in [2.24, 2.45) is 0 Å². The Morgan fingerprint density at radius 1 is 1.16 bits per heavy atom. The topological polar surface area (TPSA) is 141 Å². The molecule has 3 amide bonds. The molecular weight excluding hydrogens is 511 g/mol. The van der Waals surface area contributed by atoms with Crippen LogP contribution in [0.2, 0.25) is 0 Å². The second-order valence-corrected chi connectivity index (χ2v) is 9.24. The van der Waals surface area contributed by atoms with Crippen molar-refractivity contribution in [2.45, 2.75) is 38.1 Å². The monoisotopic (exact) mass is 537 g/mol. The summed E-state index contributed by atoms with van der Waals surface area (Å²) in [6.07, 6.45) is -2.59. The first-order valence-electron chi connectivity index (χ1n) is 11.8. The van der Waals surface area contributed by atoms with Crippen LogP contribution < -0.4 is 5.32 Å². The zero-order valence-corrected chi connectivity index (χ0v) is 20.4. The maximum Gasteiger partial charge on any atom is 0.490 e. The number of rotatable bonds is 4. The molecule has 38 heavy (non-hydrogen) atoms. The second kappa shape index (κ2) is 10.9. The van der Waals surface area contributed by atoms with Crippen LogP contribution in [-0.4, -0.2) is 104 Å². The van der Waals surface area contributed by atoms with Crippen molar-refractivity contribution < 1.29 is 37.5 Å². The lowest BCUT2D eigenvalue weighted by atomic mass is 10.0. The second-order valence-electron chi connectivity index (χ2n) is 9.24. The number of piperazine rings is 1. The van der Waals surface area contributed by atoms with Crippen LogP contribution in [0.1, 0.15) is 34.5 Å². The number of benzene rings is 1. The Morgan fingerprint density at radius 2 is 1.84 bits per heavy atom. The van der Waals surface area contributed by atoms with Gasteiger partial charge in [0, 0.05) is 56.8 Å². The Labute approximate surface area is 215 Å². The highest BCUT2D eigenvalue weighted by Gasteiger charge is 2.40. The summed E-state index contributed by atoms with van der Waals surface area (Å²) in [5.41, 5.74) is 3.07. The van der Waals surface area contributed by atoms with Gasteiger partial charge in [-0.3, -0.25) is 24.6 Å². The first-order valence-corrected chi connectivity index (χ1v) is 11.8. The molecule has 0 saturated carbocycles. The van der Waals surface area contributed by atoms with Crippen LogP contribution in [0.3, 0.4) is 0 Å². The molecule has 1 aromatic heterocycles. The van der Waals surface area contributed by atoms with Crippen LogP contribution in [0.15, 0.2) is 24.4 Å². The van der Waals surface area contributed by atoms with Crippen LogP contribution in [0.25, 0.3) is 5.69 Å². The number of aliphatic carboxylic acids is 1. The summed E-state index contributed by atoms with van der Waals surface area (Å²) in [4.78, 5) is 51.9. The highest BCUT2D eigenvalue weighted by Crippen LogP contribution is 2.31. The lowest BCUT2D eigenvalue weighted by Gasteiger charge is -2.31. The molecule has 2 aromatic rings. The largest absolute Gasteiger partial charge is 0.490 e. The summed E-state index contributed by atoms with van der Waals surface area (Å²) in [6.45, 7) is 5.13. The molecule has 3 aliphatic heterocycles. The number of aromatic nitrogens is 3. The van der Waals surface area contributed by atoms with Crippen molar-refractivity contribution in [3.63, 3.8) is 0 Å². The Morgan fingerprint density at radius 3 is 2.47 bits per heavy atom. The quantitative estimate of drug-likeness (QED) is 0.531. The number of carboxylic acids is 1. The van der Waals surface area contributed by atoms with Crippen molar-refractivity contribution in [1.82, 2.24) is 35.0 Å². The smallest absolute Gasteiger partial charge is 0.475 e. The van der Waals surface area contributed by atoms with Crippen molar-refractivity contribution in [2.75, 3.05) is 33.2 Å². The summed E-state index contributed by atoms with van der Waals surface area (Å²) in [7, 11) is 2.13. The summed E-state index contributed by atoms with van der Waals surface area (Å²) in [5, 5.41) is 18.1. The van der Waals surface area contributed by atoms with Crippen molar-refractivity contribution in [1.29, 1.82) is 0 Å². The van der Waals surface area contributed by atoms with E-state index < -0.39 is 24.1 Å². The number of hydrogen-bond acceptors (Lipinski definition) is 8. The zero-order valence-electron chi connectivity index (χ0n) is 20.4. The van der Waals surface area contributed by atoms with Gasteiger partial charge in [0.25, 0.3) is 5.91 Å². The molecule has 3 aliphatic rings. The van der Waals surface area contributed by atoms with E-state index in [0.29, 0.717) is 18.5 Å². The minimum atomic E-state index is -5.08. The number of imide groups is 1. The lowest BCUT2D eigenvalue weighted by Crippen LogP contribution is -2.52. The Hall–Kier alpha value is -3.85. The number of piperidine rings is 1. The van der Waals surface area contributed by atoms with Gasteiger partial charge in [-0.05, 0) is 25.6 Å². The van der Waals surface area contributed by atoms with Crippen molar-refractivity contribution >= 4 is 23.7 Å². The van der Waals surface area contributed by atoms with Crippen LogP contribution in [-0.2, 0) is 27.5 Å². The summed E-state index contributed by atoms with van der Waals surface area (Å²) in [6, 6.07) is 4.87. The summed E-state index contributed by atoms with van der Waals surface area (Å²) in [5.74, 6) is -3.65. The third kappa shape index (κ3) is 5.99. The van der Waals surface area contributed by atoms with Crippen LogP contribution in [0.4, 0.5) is 13.2 Å². The summed E-state index contributed by atoms with van der Waals surface area (Å²) >= 11 is 0. The molecule has 0 spiro atoms. The third-order valence-electron chi connectivity index (χ3n) is 6.57. The van der Waals surface area contributed by atoms with E-state index in [2.05, 4.69) is 32.5 Å². The van der Waals surface area contributed by atoms with Gasteiger partial charge in [0.15, 0.2) is 0 Å². The third-order valence-corrected chi connectivity index (χ3v) is 6.57. The van der Waals surface area contributed by atoms with E-state index in [1.165, 1.54) is 0 Å². The van der Waals surface area contributed by atoms with Gasteiger partial charge < -0.3 is 14.9 Å². The molecule has 1 aromatic carbocycles. The fourth-order valence-corrected chi connectivity index (χ4v) is 4.51. The molecule has 1 atom stereocenters. The van der Waals surface area contributed by atoms with E-state index in [-0.39, 0.29) is 18.2 Å². The fourth-order valence-electron chi connectivity index (χ4n) is 4.51. The standard InChI is InChI=1S/C21H25N7O3.C2HF3O2/c1-25-7-9-26(10-8-25)11-14-12-28(24-23-14)17-4-2-3-15-16(17)13-27(21(15)31)18-5-6-19(29)22-20(18)30;3-2(4,5)1(6)7/h2-4,12,18H,5-11,13H2,1H3,(H,22,29,30);(H,6,7). The highest BCUT2D eigenvalue weighted by molar-refractivity contribution is 6.05. The maximum atomic E-state index is 13.0. The van der Waals surface area contributed by atoms with E-state index >= 15 is 0 Å². The number of carbonyl (C=O) groups is 4. The maximum absolute atomic E-state index is 13.0. The van der Waals surface area contributed by atoms with Crippen LogP contribution in [0, 0.1) is 0 Å². The molecule has 2 N–H and O–H groups in total. The Bertz CT molecular complexity index is 1240. The van der Waals surface area contributed by atoms with Gasteiger partial charge in [-0.1, -0.05) is 11.3 Å².